The molecular formula is C22H25NO4. The minimum absolute atomic E-state index is 0.00188. The summed E-state index contributed by atoms with van der Waals surface area (Å²) in [6.45, 7) is 0.874. The molecule has 4 rings (SSSR count). The number of rotatable bonds is 5. The SMILES string of the molecule is CO[C@H]1C[C@@H](CCO)N(C(=O)OCC2c3ccccc3-c3ccccc32)C1. The topological polar surface area (TPSA) is 59.0 Å². The number of aliphatic hydroxyl groups excluding tert-OH is 1. The molecule has 0 saturated carbocycles. The number of carbonyl (C=O) groups excluding carboxylic acids is 1. The fourth-order valence-electron chi connectivity index (χ4n) is 4.37. The largest absolute Gasteiger partial charge is 0.448 e. The Morgan fingerprint density at radius 1 is 1.11 bits per heavy atom. The first-order valence-corrected chi connectivity index (χ1v) is 9.48. The van der Waals surface area contributed by atoms with Gasteiger partial charge in [-0.1, -0.05) is 48.5 Å². The highest BCUT2D eigenvalue weighted by atomic mass is 16.6. The number of carbonyl (C=O) groups is 1. The molecule has 0 unspecified atom stereocenters. The molecule has 2 atom stereocenters. The lowest BCUT2D eigenvalue weighted by atomic mass is 9.98. The molecule has 142 valence electrons. The highest BCUT2D eigenvalue weighted by Crippen LogP contribution is 2.44. The molecule has 1 fully saturated rings. The predicted octanol–water partition coefficient (Wildman–Crippen LogP) is 3.41. The number of hydrogen-bond donors (Lipinski definition) is 1. The summed E-state index contributed by atoms with van der Waals surface area (Å²) in [7, 11) is 1.65. The maximum absolute atomic E-state index is 12.7. The number of ether oxygens (including phenoxy) is 2. The molecular weight excluding hydrogens is 342 g/mol. The Kier molecular flexibility index (Phi) is 5.14. The lowest BCUT2D eigenvalue weighted by molar-refractivity contribution is 0.0806. The monoisotopic (exact) mass is 367 g/mol. The third-order valence-electron chi connectivity index (χ3n) is 5.74. The molecule has 2 aromatic rings. The van der Waals surface area contributed by atoms with Gasteiger partial charge in [0.05, 0.1) is 12.6 Å². The number of benzene rings is 2. The van der Waals surface area contributed by atoms with Crippen LogP contribution in [-0.4, -0.2) is 55.1 Å². The van der Waals surface area contributed by atoms with Gasteiger partial charge in [-0.3, -0.25) is 0 Å². The molecule has 2 aromatic carbocycles. The summed E-state index contributed by atoms with van der Waals surface area (Å²) in [4.78, 5) is 14.4. The van der Waals surface area contributed by atoms with Gasteiger partial charge < -0.3 is 19.5 Å². The van der Waals surface area contributed by atoms with E-state index in [9.17, 15) is 9.90 Å². The first-order chi connectivity index (χ1) is 13.2. The Hall–Kier alpha value is -2.37. The lowest BCUT2D eigenvalue weighted by Crippen LogP contribution is -2.37. The van der Waals surface area contributed by atoms with Crippen LogP contribution in [0.3, 0.4) is 0 Å². The standard InChI is InChI=1S/C22H25NO4/c1-26-16-12-15(10-11-24)23(13-16)22(25)27-14-21-19-8-4-2-6-17(19)18-7-3-5-9-20(18)21/h2-9,15-16,21,24H,10-14H2,1H3/t15-,16+/m1/s1. The van der Waals surface area contributed by atoms with Crippen molar-refractivity contribution in [2.75, 3.05) is 26.9 Å². The molecule has 1 aliphatic heterocycles. The molecule has 0 spiro atoms. The van der Waals surface area contributed by atoms with E-state index in [1.165, 1.54) is 22.3 Å². The average Bonchev–Trinajstić information content (AvgIpc) is 3.26. The fraction of sp³-hybridized carbons (Fsp3) is 0.409. The van der Waals surface area contributed by atoms with Crippen LogP contribution in [0.2, 0.25) is 0 Å². The Balaban J connectivity index is 1.49. The summed E-state index contributed by atoms with van der Waals surface area (Å²) in [5, 5.41) is 9.29. The maximum Gasteiger partial charge on any atom is 0.410 e. The van der Waals surface area contributed by atoms with E-state index in [-0.39, 0.29) is 30.8 Å². The van der Waals surface area contributed by atoms with Crippen LogP contribution in [0, 0.1) is 0 Å². The first-order valence-electron chi connectivity index (χ1n) is 9.48. The first kappa shape index (κ1) is 18.0. The number of hydrogen-bond acceptors (Lipinski definition) is 4. The summed E-state index contributed by atoms with van der Waals surface area (Å²) in [5.74, 6) is 0.0541. The van der Waals surface area contributed by atoms with Crippen LogP contribution in [0.15, 0.2) is 48.5 Å². The van der Waals surface area contributed by atoms with Crippen LogP contribution in [0.25, 0.3) is 11.1 Å². The third kappa shape index (κ3) is 3.33. The zero-order chi connectivity index (χ0) is 18.8. The summed E-state index contributed by atoms with van der Waals surface area (Å²) >= 11 is 0. The van der Waals surface area contributed by atoms with E-state index in [0.717, 1.165) is 6.42 Å². The maximum atomic E-state index is 12.7. The van der Waals surface area contributed by atoms with Crippen molar-refractivity contribution < 1.29 is 19.4 Å². The van der Waals surface area contributed by atoms with Gasteiger partial charge >= 0.3 is 6.09 Å². The van der Waals surface area contributed by atoms with Gasteiger partial charge in [-0.05, 0) is 35.1 Å². The van der Waals surface area contributed by atoms with Crippen LogP contribution >= 0.6 is 0 Å². The normalized spacial score (nSPS) is 21.2. The Labute approximate surface area is 159 Å². The molecule has 2 aliphatic rings. The van der Waals surface area contributed by atoms with Crippen molar-refractivity contribution in [1.82, 2.24) is 4.90 Å². The van der Waals surface area contributed by atoms with Gasteiger partial charge in [-0.15, -0.1) is 0 Å². The highest BCUT2D eigenvalue weighted by Gasteiger charge is 2.37. The van der Waals surface area contributed by atoms with Gasteiger partial charge in [-0.25, -0.2) is 4.79 Å². The van der Waals surface area contributed by atoms with Gasteiger partial charge in [0.2, 0.25) is 0 Å². The van der Waals surface area contributed by atoms with Crippen molar-refractivity contribution in [2.24, 2.45) is 0 Å². The molecule has 1 saturated heterocycles. The summed E-state index contributed by atoms with van der Waals surface area (Å²) in [6, 6.07) is 16.6. The second kappa shape index (κ2) is 7.71. The number of fused-ring (bicyclic) bond motifs is 3. The third-order valence-corrected chi connectivity index (χ3v) is 5.74. The molecule has 1 aliphatic carbocycles. The van der Waals surface area contributed by atoms with Crippen LogP contribution in [0.4, 0.5) is 4.79 Å². The van der Waals surface area contributed by atoms with Gasteiger partial charge in [0, 0.05) is 25.7 Å². The molecule has 27 heavy (non-hydrogen) atoms. The minimum Gasteiger partial charge on any atom is -0.448 e. The van der Waals surface area contributed by atoms with Crippen molar-refractivity contribution in [1.29, 1.82) is 0 Å². The van der Waals surface area contributed by atoms with Gasteiger partial charge in [0.25, 0.3) is 0 Å². The van der Waals surface area contributed by atoms with E-state index in [1.807, 2.05) is 24.3 Å². The van der Waals surface area contributed by atoms with Crippen molar-refractivity contribution in [2.45, 2.75) is 30.9 Å². The molecule has 5 nitrogen and oxygen atoms in total. The van der Waals surface area contributed by atoms with Gasteiger partial charge in [0.15, 0.2) is 0 Å². The molecule has 5 heteroatoms. The minimum atomic E-state index is -0.324. The zero-order valence-corrected chi connectivity index (χ0v) is 15.5. The van der Waals surface area contributed by atoms with Crippen molar-refractivity contribution >= 4 is 6.09 Å². The lowest BCUT2D eigenvalue weighted by Gasteiger charge is -2.24. The summed E-state index contributed by atoms with van der Waals surface area (Å²) in [5.41, 5.74) is 4.84. The molecule has 0 radical (unpaired) electrons. The van der Waals surface area contributed by atoms with E-state index < -0.39 is 0 Å². The smallest absolute Gasteiger partial charge is 0.410 e. The number of amides is 1. The summed E-state index contributed by atoms with van der Waals surface area (Å²) < 4.78 is 11.2. The van der Waals surface area contributed by atoms with E-state index in [1.54, 1.807) is 12.0 Å². The van der Waals surface area contributed by atoms with E-state index in [2.05, 4.69) is 24.3 Å². The van der Waals surface area contributed by atoms with Crippen LogP contribution in [0.5, 0.6) is 0 Å². The molecule has 1 N–H and O–H groups in total. The van der Waals surface area contributed by atoms with Crippen molar-refractivity contribution in [3.63, 3.8) is 0 Å². The number of aliphatic hydroxyl groups is 1. The second-order valence-electron chi connectivity index (χ2n) is 7.22. The Bertz CT molecular complexity index is 776. The van der Waals surface area contributed by atoms with E-state index >= 15 is 0 Å². The van der Waals surface area contributed by atoms with Gasteiger partial charge in [0.1, 0.15) is 6.61 Å². The molecule has 1 heterocycles. The van der Waals surface area contributed by atoms with Crippen molar-refractivity contribution in [3.05, 3.63) is 59.7 Å². The second-order valence-corrected chi connectivity index (χ2v) is 7.22. The highest BCUT2D eigenvalue weighted by molar-refractivity contribution is 5.79. The molecule has 0 bridgehead atoms. The number of nitrogens with zero attached hydrogens (tertiary/aromatic N) is 1. The van der Waals surface area contributed by atoms with Crippen molar-refractivity contribution in [3.8, 4) is 11.1 Å². The fourth-order valence-corrected chi connectivity index (χ4v) is 4.37. The number of likely N-dealkylation sites (tertiary alicyclic amines) is 1. The Morgan fingerprint density at radius 2 is 1.74 bits per heavy atom. The van der Waals surface area contributed by atoms with E-state index in [0.29, 0.717) is 19.6 Å². The summed E-state index contributed by atoms with van der Waals surface area (Å²) in [6.07, 6.45) is 0.961. The van der Waals surface area contributed by atoms with Crippen LogP contribution in [-0.2, 0) is 9.47 Å². The van der Waals surface area contributed by atoms with Crippen LogP contribution in [0.1, 0.15) is 29.9 Å². The van der Waals surface area contributed by atoms with Crippen LogP contribution < -0.4 is 0 Å². The molecule has 1 amide bonds. The zero-order valence-electron chi connectivity index (χ0n) is 15.5. The predicted molar refractivity (Wildman–Crippen MR) is 103 cm³/mol. The number of methoxy groups -OCH3 is 1. The van der Waals surface area contributed by atoms with E-state index in [4.69, 9.17) is 9.47 Å². The molecule has 0 aromatic heterocycles. The quantitative estimate of drug-likeness (QED) is 0.880. The van der Waals surface area contributed by atoms with Gasteiger partial charge in [-0.2, -0.15) is 0 Å². The average molecular weight is 367 g/mol. The Morgan fingerprint density at radius 3 is 2.33 bits per heavy atom.